The Kier molecular flexibility index (Phi) is 3.69. The molecular weight excluding hydrogens is 336 g/mol. The van der Waals surface area contributed by atoms with Crippen LogP contribution in [0.15, 0.2) is 18.2 Å². The zero-order valence-corrected chi connectivity index (χ0v) is 14.5. The van der Waals surface area contributed by atoms with E-state index < -0.39 is 23.0 Å². The molecule has 1 aromatic rings. The molecule has 2 aliphatic heterocycles. The fourth-order valence-corrected chi connectivity index (χ4v) is 4.56. The zero-order chi connectivity index (χ0) is 18.5. The summed E-state index contributed by atoms with van der Waals surface area (Å²) in [7, 11) is 3.00. The van der Waals surface area contributed by atoms with E-state index in [0.29, 0.717) is 36.5 Å². The predicted molar refractivity (Wildman–Crippen MR) is 87.3 cm³/mol. The average Bonchev–Trinajstić information content (AvgIpc) is 3.06. The summed E-state index contributed by atoms with van der Waals surface area (Å²) in [5.74, 6) is -0.132. The first-order chi connectivity index (χ1) is 12.6. The van der Waals surface area contributed by atoms with Gasteiger partial charge in [0.25, 0.3) is 0 Å². The number of benzene rings is 1. The fourth-order valence-electron chi connectivity index (χ4n) is 4.56. The second-order valence-electron chi connectivity index (χ2n) is 6.90. The molecular formula is C19H18N2O5. The number of nitriles is 2. The van der Waals surface area contributed by atoms with Gasteiger partial charge < -0.3 is 18.9 Å². The van der Waals surface area contributed by atoms with Crippen LogP contribution in [0.4, 0.5) is 0 Å². The molecule has 26 heavy (non-hydrogen) atoms. The lowest BCUT2D eigenvalue weighted by molar-refractivity contribution is -0.140. The summed E-state index contributed by atoms with van der Waals surface area (Å²) < 4.78 is 22.0. The molecule has 7 heteroatoms. The summed E-state index contributed by atoms with van der Waals surface area (Å²) in [6.45, 7) is 0.441. The van der Waals surface area contributed by atoms with Crippen LogP contribution in [0, 0.1) is 39.4 Å². The molecule has 3 aliphatic rings. The Balaban J connectivity index is 1.74. The molecule has 3 fully saturated rings. The van der Waals surface area contributed by atoms with Gasteiger partial charge in [-0.15, -0.1) is 0 Å². The minimum atomic E-state index is -1.43. The lowest BCUT2D eigenvalue weighted by atomic mass is 9.86. The highest BCUT2D eigenvalue weighted by Crippen LogP contribution is 2.76. The molecule has 2 saturated heterocycles. The summed E-state index contributed by atoms with van der Waals surface area (Å²) in [6.07, 6.45) is 0.539. The zero-order valence-electron chi connectivity index (χ0n) is 14.5. The lowest BCUT2D eigenvalue weighted by Gasteiger charge is -2.29. The van der Waals surface area contributed by atoms with Gasteiger partial charge in [-0.1, -0.05) is 0 Å². The first-order valence-corrected chi connectivity index (χ1v) is 8.43. The Bertz CT molecular complexity index is 840. The topological polar surface area (TPSA) is 102 Å². The highest BCUT2D eigenvalue weighted by Gasteiger charge is 2.86. The van der Waals surface area contributed by atoms with Crippen molar-refractivity contribution in [2.45, 2.75) is 25.2 Å². The van der Waals surface area contributed by atoms with Gasteiger partial charge in [0.05, 0.1) is 50.4 Å². The van der Waals surface area contributed by atoms with Crippen LogP contribution >= 0.6 is 0 Å². The number of carbonyl (C=O) groups excluding carboxylic acids is 1. The van der Waals surface area contributed by atoms with Crippen molar-refractivity contribution in [2.24, 2.45) is 16.7 Å². The Hall–Kier alpha value is -2.61. The number of ether oxygens (including phenoxy) is 4. The van der Waals surface area contributed by atoms with Crippen molar-refractivity contribution in [3.8, 4) is 23.6 Å². The quantitative estimate of drug-likeness (QED) is 0.763. The van der Waals surface area contributed by atoms with Crippen molar-refractivity contribution in [1.82, 2.24) is 0 Å². The largest absolute Gasteiger partial charge is 0.493 e. The molecule has 0 amide bonds. The number of Topliss-reactive ketones (excluding diaryl/α,β-unsaturated/α-hetero) is 1. The molecule has 2 heterocycles. The molecule has 0 N–H and O–H groups in total. The second-order valence-corrected chi connectivity index (χ2v) is 6.90. The molecule has 134 valence electrons. The highest BCUT2D eigenvalue weighted by atomic mass is 16.7. The molecule has 2 bridgehead atoms. The summed E-state index contributed by atoms with van der Waals surface area (Å²) in [6, 6.07) is 9.04. The van der Waals surface area contributed by atoms with Gasteiger partial charge in [0.15, 0.2) is 29.0 Å². The third kappa shape index (κ3) is 1.90. The number of carbonyl (C=O) groups is 1. The van der Waals surface area contributed by atoms with Gasteiger partial charge in [-0.05, 0) is 31.0 Å². The first kappa shape index (κ1) is 16.8. The second kappa shape index (κ2) is 5.70. The van der Waals surface area contributed by atoms with Crippen molar-refractivity contribution < 1.29 is 23.7 Å². The first-order valence-electron chi connectivity index (χ1n) is 8.43. The van der Waals surface area contributed by atoms with Gasteiger partial charge in [-0.25, -0.2) is 0 Å². The molecule has 7 nitrogen and oxygen atoms in total. The summed E-state index contributed by atoms with van der Waals surface area (Å²) >= 11 is 0. The molecule has 0 radical (unpaired) electrons. The standard InChI is InChI=1S/C19H18N2O5/c1-23-13-4-3-11(7-14(13)24-2)15(22)16-18(9-20,10-21)19(16)6-5-12-8-25-17(19)26-12/h3-4,7,12,16-17H,5-6,8H2,1-2H3/t12-,16?,17?,19?/m0/s1. The number of rotatable bonds is 4. The fraction of sp³-hybridized carbons (Fsp3) is 0.526. The van der Waals surface area contributed by atoms with Crippen LogP contribution in [0.1, 0.15) is 23.2 Å². The minimum absolute atomic E-state index is 0.0156. The van der Waals surface area contributed by atoms with Gasteiger partial charge in [-0.3, -0.25) is 4.79 Å². The van der Waals surface area contributed by atoms with Crippen LogP contribution in [-0.4, -0.2) is 39.0 Å². The Morgan fingerprint density at radius 3 is 2.62 bits per heavy atom. The van der Waals surface area contributed by atoms with E-state index in [0.717, 1.165) is 0 Å². The van der Waals surface area contributed by atoms with E-state index in [2.05, 4.69) is 12.1 Å². The number of hydrogen-bond acceptors (Lipinski definition) is 7. The average molecular weight is 354 g/mol. The van der Waals surface area contributed by atoms with Gasteiger partial charge >= 0.3 is 0 Å². The van der Waals surface area contributed by atoms with Crippen LogP contribution in [0.5, 0.6) is 11.5 Å². The summed E-state index contributed by atoms with van der Waals surface area (Å²) in [5.41, 5.74) is -1.97. The number of nitrogens with zero attached hydrogens (tertiary/aromatic N) is 2. The van der Waals surface area contributed by atoms with Crippen molar-refractivity contribution in [2.75, 3.05) is 20.8 Å². The predicted octanol–water partition coefficient (Wildman–Crippen LogP) is 2.07. The molecule has 4 rings (SSSR count). The van der Waals surface area contributed by atoms with E-state index in [1.165, 1.54) is 14.2 Å². The maximum absolute atomic E-state index is 13.2. The van der Waals surface area contributed by atoms with Crippen molar-refractivity contribution in [3.05, 3.63) is 23.8 Å². The summed E-state index contributed by atoms with van der Waals surface area (Å²) in [4.78, 5) is 13.2. The number of ketones is 1. The third-order valence-corrected chi connectivity index (χ3v) is 5.93. The molecule has 1 spiro atoms. The van der Waals surface area contributed by atoms with Crippen molar-refractivity contribution >= 4 is 5.78 Å². The molecule has 1 aliphatic carbocycles. The van der Waals surface area contributed by atoms with E-state index in [-0.39, 0.29) is 11.9 Å². The Labute approximate surface area is 151 Å². The number of fused-ring (bicyclic) bond motifs is 3. The molecule has 1 saturated carbocycles. The molecule has 3 unspecified atom stereocenters. The van der Waals surface area contributed by atoms with Gasteiger partial charge in [-0.2, -0.15) is 10.5 Å². The normalized spacial score (nSPS) is 33.2. The maximum Gasteiger partial charge on any atom is 0.169 e. The molecule has 4 atom stereocenters. The van der Waals surface area contributed by atoms with Crippen LogP contribution in [0.2, 0.25) is 0 Å². The Morgan fingerprint density at radius 2 is 1.96 bits per heavy atom. The van der Waals surface area contributed by atoms with Crippen LogP contribution in [0.3, 0.4) is 0 Å². The van der Waals surface area contributed by atoms with E-state index in [4.69, 9.17) is 18.9 Å². The van der Waals surface area contributed by atoms with Crippen LogP contribution in [0.25, 0.3) is 0 Å². The smallest absolute Gasteiger partial charge is 0.169 e. The SMILES string of the molecule is COc1ccc(C(=O)C2C(C#N)(C#N)C23CC[C@H]2COC3O2)cc1OC. The van der Waals surface area contributed by atoms with Gasteiger partial charge in [0.2, 0.25) is 0 Å². The molecule has 1 aromatic carbocycles. The van der Waals surface area contributed by atoms with E-state index in [9.17, 15) is 15.3 Å². The van der Waals surface area contributed by atoms with Crippen LogP contribution in [-0.2, 0) is 9.47 Å². The monoisotopic (exact) mass is 354 g/mol. The minimum Gasteiger partial charge on any atom is -0.493 e. The van der Waals surface area contributed by atoms with Crippen molar-refractivity contribution in [1.29, 1.82) is 10.5 Å². The number of methoxy groups -OCH3 is 2. The van der Waals surface area contributed by atoms with Crippen LogP contribution < -0.4 is 9.47 Å². The van der Waals surface area contributed by atoms with E-state index in [1.807, 2.05) is 0 Å². The van der Waals surface area contributed by atoms with E-state index >= 15 is 0 Å². The van der Waals surface area contributed by atoms with Gasteiger partial charge in [0.1, 0.15) is 0 Å². The van der Waals surface area contributed by atoms with E-state index in [1.54, 1.807) is 18.2 Å². The number of hydrogen-bond donors (Lipinski definition) is 0. The lowest BCUT2D eigenvalue weighted by Crippen LogP contribution is -2.35. The maximum atomic E-state index is 13.2. The van der Waals surface area contributed by atoms with Gasteiger partial charge in [0, 0.05) is 5.56 Å². The third-order valence-electron chi connectivity index (χ3n) is 5.93. The highest BCUT2D eigenvalue weighted by molar-refractivity contribution is 6.03. The summed E-state index contributed by atoms with van der Waals surface area (Å²) in [5, 5.41) is 19.5. The Morgan fingerprint density at radius 1 is 1.23 bits per heavy atom. The molecule has 0 aromatic heterocycles. The van der Waals surface area contributed by atoms with Crippen molar-refractivity contribution in [3.63, 3.8) is 0 Å².